The van der Waals surface area contributed by atoms with Crippen LogP contribution in [0.25, 0.3) is 0 Å². The Hall–Kier alpha value is -2.50. The summed E-state index contributed by atoms with van der Waals surface area (Å²) >= 11 is 0. The molecule has 1 atom stereocenters. The standard InChI is InChI=1S/C18H21FN4O/c19-16-6-2-8-21-18(16)23-9-3-5-15(13-23)12-22-17(24)10-14-4-1-7-20-11-14/h1-2,4,6-8,11,15H,3,5,9-10,12-13H2,(H,22,24)/t15-/m1/s1. The second-order valence-electron chi connectivity index (χ2n) is 6.11. The van der Waals surface area contributed by atoms with Crippen LogP contribution in [-0.4, -0.2) is 35.5 Å². The SMILES string of the molecule is O=C(Cc1cccnc1)NC[C@H]1CCCN(c2ncccc2F)C1. The maximum absolute atomic E-state index is 13.9. The lowest BCUT2D eigenvalue weighted by Gasteiger charge is -2.33. The summed E-state index contributed by atoms with van der Waals surface area (Å²) in [5.74, 6) is 0.407. The second-order valence-corrected chi connectivity index (χ2v) is 6.11. The first-order valence-electron chi connectivity index (χ1n) is 8.23. The first-order chi connectivity index (χ1) is 11.7. The summed E-state index contributed by atoms with van der Waals surface area (Å²) in [6, 6.07) is 6.74. The number of nitrogens with one attached hydrogen (secondary N) is 1. The number of pyridine rings is 2. The molecule has 0 aromatic carbocycles. The molecule has 5 nitrogen and oxygen atoms in total. The van der Waals surface area contributed by atoms with Gasteiger partial charge in [0.15, 0.2) is 11.6 Å². The van der Waals surface area contributed by atoms with E-state index in [9.17, 15) is 9.18 Å². The Labute approximate surface area is 140 Å². The zero-order valence-electron chi connectivity index (χ0n) is 13.5. The van der Waals surface area contributed by atoms with Gasteiger partial charge in [0.25, 0.3) is 0 Å². The fourth-order valence-electron chi connectivity index (χ4n) is 3.04. The fourth-order valence-corrected chi connectivity index (χ4v) is 3.04. The van der Waals surface area contributed by atoms with Gasteiger partial charge in [-0.25, -0.2) is 9.37 Å². The Morgan fingerprint density at radius 2 is 2.21 bits per heavy atom. The molecule has 0 saturated carbocycles. The van der Waals surface area contributed by atoms with Gasteiger partial charge in [0, 0.05) is 38.2 Å². The maximum atomic E-state index is 13.9. The monoisotopic (exact) mass is 328 g/mol. The highest BCUT2D eigenvalue weighted by molar-refractivity contribution is 5.78. The largest absolute Gasteiger partial charge is 0.355 e. The Morgan fingerprint density at radius 3 is 3.00 bits per heavy atom. The highest BCUT2D eigenvalue weighted by atomic mass is 19.1. The van der Waals surface area contributed by atoms with Gasteiger partial charge < -0.3 is 10.2 Å². The van der Waals surface area contributed by atoms with E-state index in [1.165, 1.54) is 6.07 Å². The summed E-state index contributed by atoms with van der Waals surface area (Å²) in [7, 11) is 0. The zero-order chi connectivity index (χ0) is 16.8. The van der Waals surface area contributed by atoms with Crippen LogP contribution in [0.3, 0.4) is 0 Å². The zero-order valence-corrected chi connectivity index (χ0v) is 13.5. The summed E-state index contributed by atoms with van der Waals surface area (Å²) in [5.41, 5.74) is 0.899. The Kier molecular flexibility index (Phi) is 5.36. The van der Waals surface area contributed by atoms with Crippen molar-refractivity contribution in [3.8, 4) is 0 Å². The van der Waals surface area contributed by atoms with Gasteiger partial charge >= 0.3 is 0 Å². The molecule has 3 rings (SSSR count). The van der Waals surface area contributed by atoms with Crippen molar-refractivity contribution in [1.82, 2.24) is 15.3 Å². The Bertz CT molecular complexity index is 680. The number of rotatable bonds is 5. The molecule has 1 N–H and O–H groups in total. The minimum absolute atomic E-state index is 0.0101. The van der Waals surface area contributed by atoms with Crippen molar-refractivity contribution < 1.29 is 9.18 Å². The lowest BCUT2D eigenvalue weighted by atomic mass is 9.98. The highest BCUT2D eigenvalue weighted by Gasteiger charge is 2.23. The third-order valence-electron chi connectivity index (χ3n) is 4.23. The van der Waals surface area contributed by atoms with Gasteiger partial charge in [-0.3, -0.25) is 9.78 Å². The minimum Gasteiger partial charge on any atom is -0.355 e. The summed E-state index contributed by atoms with van der Waals surface area (Å²) < 4.78 is 13.9. The molecule has 2 aromatic heterocycles. The smallest absolute Gasteiger partial charge is 0.224 e. The number of carbonyl (C=O) groups is 1. The van der Waals surface area contributed by atoms with Crippen LogP contribution in [0.1, 0.15) is 18.4 Å². The lowest BCUT2D eigenvalue weighted by molar-refractivity contribution is -0.120. The van der Waals surface area contributed by atoms with Crippen molar-refractivity contribution in [2.75, 3.05) is 24.5 Å². The van der Waals surface area contributed by atoms with E-state index in [0.717, 1.165) is 24.9 Å². The van der Waals surface area contributed by atoms with Gasteiger partial charge in [0.05, 0.1) is 6.42 Å². The van der Waals surface area contributed by atoms with Crippen LogP contribution in [0.15, 0.2) is 42.9 Å². The summed E-state index contributed by atoms with van der Waals surface area (Å²) in [4.78, 5) is 22.2. The molecule has 1 saturated heterocycles. The van der Waals surface area contributed by atoms with Crippen LogP contribution in [0.5, 0.6) is 0 Å². The predicted octanol–water partition coefficient (Wildman–Crippen LogP) is 2.19. The summed E-state index contributed by atoms with van der Waals surface area (Å²) in [6.07, 6.45) is 7.33. The van der Waals surface area contributed by atoms with E-state index >= 15 is 0 Å². The summed E-state index contributed by atoms with van der Waals surface area (Å²) in [5, 5.41) is 2.98. The molecule has 3 heterocycles. The van der Waals surface area contributed by atoms with Gasteiger partial charge in [0.1, 0.15) is 0 Å². The molecule has 6 heteroatoms. The molecule has 126 valence electrons. The molecule has 24 heavy (non-hydrogen) atoms. The molecule has 0 aliphatic carbocycles. The average molecular weight is 328 g/mol. The third kappa shape index (κ3) is 4.28. The van der Waals surface area contributed by atoms with E-state index in [1.54, 1.807) is 24.7 Å². The number of hydrogen-bond donors (Lipinski definition) is 1. The van der Waals surface area contributed by atoms with Crippen LogP contribution in [-0.2, 0) is 11.2 Å². The van der Waals surface area contributed by atoms with Crippen LogP contribution in [0.4, 0.5) is 10.2 Å². The molecule has 1 aliphatic heterocycles. The number of piperidine rings is 1. The average Bonchev–Trinajstić information content (AvgIpc) is 2.61. The van der Waals surface area contributed by atoms with E-state index in [1.807, 2.05) is 17.0 Å². The highest BCUT2D eigenvalue weighted by Crippen LogP contribution is 2.23. The van der Waals surface area contributed by atoms with Gasteiger partial charge in [-0.2, -0.15) is 0 Å². The van der Waals surface area contributed by atoms with E-state index < -0.39 is 0 Å². The number of amides is 1. The second kappa shape index (κ2) is 7.86. The van der Waals surface area contributed by atoms with Crippen LogP contribution < -0.4 is 10.2 Å². The lowest BCUT2D eigenvalue weighted by Crippen LogP contribution is -2.42. The topological polar surface area (TPSA) is 58.1 Å². The van der Waals surface area contributed by atoms with Crippen LogP contribution in [0, 0.1) is 11.7 Å². The number of hydrogen-bond acceptors (Lipinski definition) is 4. The molecule has 0 spiro atoms. The number of halogens is 1. The van der Waals surface area contributed by atoms with Gasteiger partial charge in [-0.15, -0.1) is 0 Å². The number of carbonyl (C=O) groups excluding carboxylic acids is 1. The predicted molar refractivity (Wildman–Crippen MR) is 90.1 cm³/mol. The van der Waals surface area contributed by atoms with Crippen molar-refractivity contribution in [2.24, 2.45) is 5.92 Å². The van der Waals surface area contributed by atoms with Gasteiger partial charge in [-0.05, 0) is 42.5 Å². The van der Waals surface area contributed by atoms with Crippen molar-refractivity contribution >= 4 is 11.7 Å². The normalized spacial score (nSPS) is 17.5. The molecule has 0 unspecified atom stereocenters. The van der Waals surface area contributed by atoms with Crippen LogP contribution in [0.2, 0.25) is 0 Å². The molecule has 0 radical (unpaired) electrons. The molecule has 1 amide bonds. The fraction of sp³-hybridized carbons (Fsp3) is 0.389. The van der Waals surface area contributed by atoms with Crippen LogP contribution >= 0.6 is 0 Å². The first-order valence-corrected chi connectivity index (χ1v) is 8.23. The minimum atomic E-state index is -0.293. The Balaban J connectivity index is 1.51. The number of aromatic nitrogens is 2. The van der Waals surface area contributed by atoms with E-state index in [2.05, 4.69) is 15.3 Å². The number of nitrogens with zero attached hydrogens (tertiary/aromatic N) is 3. The van der Waals surface area contributed by atoms with Gasteiger partial charge in [-0.1, -0.05) is 6.07 Å². The van der Waals surface area contributed by atoms with E-state index in [0.29, 0.717) is 31.2 Å². The van der Waals surface area contributed by atoms with Crippen molar-refractivity contribution in [1.29, 1.82) is 0 Å². The van der Waals surface area contributed by atoms with E-state index in [-0.39, 0.29) is 11.7 Å². The molecule has 0 bridgehead atoms. The third-order valence-corrected chi connectivity index (χ3v) is 4.23. The van der Waals surface area contributed by atoms with Crippen molar-refractivity contribution in [2.45, 2.75) is 19.3 Å². The molecule has 2 aromatic rings. The quantitative estimate of drug-likeness (QED) is 0.914. The van der Waals surface area contributed by atoms with Gasteiger partial charge in [0.2, 0.25) is 5.91 Å². The summed E-state index contributed by atoms with van der Waals surface area (Å²) in [6.45, 7) is 2.11. The first kappa shape index (κ1) is 16.4. The van der Waals surface area contributed by atoms with E-state index in [4.69, 9.17) is 0 Å². The van der Waals surface area contributed by atoms with Crippen molar-refractivity contribution in [3.63, 3.8) is 0 Å². The molecular weight excluding hydrogens is 307 g/mol. The molecular formula is C18H21FN4O. The maximum Gasteiger partial charge on any atom is 0.224 e. The number of anilines is 1. The Morgan fingerprint density at radius 1 is 1.33 bits per heavy atom. The molecule has 1 fully saturated rings. The van der Waals surface area contributed by atoms with Crippen molar-refractivity contribution in [3.05, 3.63) is 54.2 Å². The molecule has 1 aliphatic rings.